The van der Waals surface area contributed by atoms with Crippen LogP contribution in [0.3, 0.4) is 0 Å². The van der Waals surface area contributed by atoms with Crippen LogP contribution in [0.15, 0.2) is 24.5 Å². The molecule has 14 heavy (non-hydrogen) atoms. The van der Waals surface area contributed by atoms with E-state index < -0.39 is 0 Å². The predicted octanol–water partition coefficient (Wildman–Crippen LogP) is 2.63. The van der Waals surface area contributed by atoms with Crippen LogP contribution >= 0.6 is 0 Å². The van der Waals surface area contributed by atoms with Crippen LogP contribution in [0.4, 0.5) is 0 Å². The van der Waals surface area contributed by atoms with Crippen molar-refractivity contribution in [2.75, 3.05) is 13.1 Å². The van der Waals surface area contributed by atoms with Gasteiger partial charge in [-0.15, -0.1) is 0 Å². The van der Waals surface area contributed by atoms with E-state index in [2.05, 4.69) is 28.9 Å². The first-order valence-electron chi connectivity index (χ1n) is 5.56. The van der Waals surface area contributed by atoms with E-state index in [9.17, 15) is 0 Å². The maximum Gasteiger partial charge on any atom is 0.0349 e. The third-order valence-electron chi connectivity index (χ3n) is 3.11. The molecule has 0 aromatic carbocycles. The Kier molecular flexibility index (Phi) is 3.14. The minimum Gasteiger partial charge on any atom is -0.297 e. The van der Waals surface area contributed by atoms with Crippen LogP contribution in [0.5, 0.6) is 0 Å². The van der Waals surface area contributed by atoms with Gasteiger partial charge in [-0.3, -0.25) is 9.88 Å². The number of rotatable bonds is 2. The molecule has 1 saturated heterocycles. The largest absolute Gasteiger partial charge is 0.297 e. The van der Waals surface area contributed by atoms with Crippen molar-refractivity contribution in [2.45, 2.75) is 32.2 Å². The lowest BCUT2D eigenvalue weighted by molar-refractivity contribution is 0.157. The van der Waals surface area contributed by atoms with Gasteiger partial charge < -0.3 is 0 Å². The summed E-state index contributed by atoms with van der Waals surface area (Å²) in [6, 6.07) is 4.94. The molecule has 0 amide bonds. The number of hydrogen-bond acceptors (Lipinski definition) is 2. The van der Waals surface area contributed by atoms with Crippen molar-refractivity contribution in [2.24, 2.45) is 0 Å². The molecule has 0 saturated carbocycles. The topological polar surface area (TPSA) is 16.1 Å². The zero-order valence-electron chi connectivity index (χ0n) is 8.82. The molecule has 76 valence electrons. The van der Waals surface area contributed by atoms with Crippen LogP contribution in [-0.4, -0.2) is 23.0 Å². The van der Waals surface area contributed by atoms with Crippen molar-refractivity contribution in [1.29, 1.82) is 0 Å². The highest BCUT2D eigenvalue weighted by Gasteiger charge is 2.21. The van der Waals surface area contributed by atoms with Gasteiger partial charge in [-0.1, -0.05) is 13.3 Å². The Hall–Kier alpha value is -0.890. The Morgan fingerprint density at radius 1 is 1.36 bits per heavy atom. The number of nitrogens with zero attached hydrogens (tertiary/aromatic N) is 2. The second-order valence-electron chi connectivity index (χ2n) is 3.92. The summed E-state index contributed by atoms with van der Waals surface area (Å²) in [6.07, 6.45) is 7.83. The van der Waals surface area contributed by atoms with Gasteiger partial charge in [0.1, 0.15) is 0 Å². The minimum atomic E-state index is 0.636. The fourth-order valence-electron chi connectivity index (χ4n) is 2.33. The molecule has 2 heteroatoms. The van der Waals surface area contributed by atoms with Crippen LogP contribution in [0.1, 0.15) is 37.8 Å². The van der Waals surface area contributed by atoms with Gasteiger partial charge in [-0.25, -0.2) is 0 Å². The lowest BCUT2D eigenvalue weighted by Gasteiger charge is -2.35. The van der Waals surface area contributed by atoms with E-state index in [1.54, 1.807) is 0 Å². The molecule has 0 radical (unpaired) electrons. The van der Waals surface area contributed by atoms with E-state index in [1.165, 1.54) is 31.4 Å². The van der Waals surface area contributed by atoms with Gasteiger partial charge in [0.25, 0.3) is 0 Å². The molecule has 1 aromatic heterocycles. The molecule has 1 aliphatic heterocycles. The van der Waals surface area contributed by atoms with E-state index >= 15 is 0 Å². The molecule has 2 nitrogen and oxygen atoms in total. The molecule has 1 aliphatic rings. The highest BCUT2D eigenvalue weighted by molar-refractivity contribution is 5.15. The van der Waals surface area contributed by atoms with Gasteiger partial charge >= 0.3 is 0 Å². The molecule has 0 aliphatic carbocycles. The molecule has 1 fully saturated rings. The van der Waals surface area contributed by atoms with Crippen LogP contribution in [0.2, 0.25) is 0 Å². The lowest BCUT2D eigenvalue weighted by atomic mass is 9.96. The zero-order chi connectivity index (χ0) is 9.80. The highest BCUT2D eigenvalue weighted by atomic mass is 15.2. The highest BCUT2D eigenvalue weighted by Crippen LogP contribution is 2.29. The summed E-state index contributed by atoms with van der Waals surface area (Å²) in [4.78, 5) is 6.64. The summed E-state index contributed by atoms with van der Waals surface area (Å²) >= 11 is 0. The van der Waals surface area contributed by atoms with E-state index in [4.69, 9.17) is 0 Å². The maximum atomic E-state index is 4.07. The number of pyridine rings is 1. The van der Waals surface area contributed by atoms with E-state index in [0.29, 0.717) is 6.04 Å². The number of aromatic nitrogens is 1. The molecule has 0 spiro atoms. The maximum absolute atomic E-state index is 4.07. The Bertz CT molecular complexity index is 271. The molecule has 1 atom stereocenters. The smallest absolute Gasteiger partial charge is 0.0349 e. The molecule has 0 N–H and O–H groups in total. The van der Waals surface area contributed by atoms with Crippen molar-refractivity contribution in [3.05, 3.63) is 30.1 Å². The van der Waals surface area contributed by atoms with Crippen molar-refractivity contribution >= 4 is 0 Å². The standard InChI is InChI=1S/C12H18N2/c1-2-14-10-4-3-5-12(14)11-6-8-13-9-7-11/h6-9,12H,2-5,10H2,1H3/t12-/m0/s1. The second-order valence-corrected chi connectivity index (χ2v) is 3.92. The quantitative estimate of drug-likeness (QED) is 0.712. The third-order valence-corrected chi connectivity index (χ3v) is 3.11. The Labute approximate surface area is 86.0 Å². The van der Waals surface area contributed by atoms with Gasteiger partial charge in [0.05, 0.1) is 0 Å². The normalized spacial score (nSPS) is 23.6. The average molecular weight is 190 g/mol. The Morgan fingerprint density at radius 3 is 2.86 bits per heavy atom. The van der Waals surface area contributed by atoms with Crippen molar-refractivity contribution in [1.82, 2.24) is 9.88 Å². The Morgan fingerprint density at radius 2 is 2.14 bits per heavy atom. The summed E-state index contributed by atoms with van der Waals surface area (Å²) in [5.41, 5.74) is 1.43. The van der Waals surface area contributed by atoms with Gasteiger partial charge in [0, 0.05) is 18.4 Å². The lowest BCUT2D eigenvalue weighted by Crippen LogP contribution is -2.33. The molecule has 0 unspecified atom stereocenters. The fourth-order valence-corrected chi connectivity index (χ4v) is 2.33. The predicted molar refractivity (Wildman–Crippen MR) is 58.1 cm³/mol. The second kappa shape index (κ2) is 4.56. The summed E-state index contributed by atoms with van der Waals surface area (Å²) < 4.78 is 0. The first-order valence-corrected chi connectivity index (χ1v) is 5.56. The first-order chi connectivity index (χ1) is 6.92. The average Bonchev–Trinajstić information content (AvgIpc) is 2.30. The Balaban J connectivity index is 2.15. The van der Waals surface area contributed by atoms with Gasteiger partial charge in [-0.05, 0) is 43.6 Å². The van der Waals surface area contributed by atoms with Gasteiger partial charge in [-0.2, -0.15) is 0 Å². The number of piperidine rings is 1. The third kappa shape index (κ3) is 1.95. The van der Waals surface area contributed by atoms with E-state index in [1.807, 2.05) is 12.4 Å². The molecule has 2 heterocycles. The molecule has 2 rings (SSSR count). The minimum absolute atomic E-state index is 0.636. The molecule has 1 aromatic rings. The zero-order valence-corrected chi connectivity index (χ0v) is 8.82. The van der Waals surface area contributed by atoms with Crippen molar-refractivity contribution in [3.63, 3.8) is 0 Å². The van der Waals surface area contributed by atoms with Gasteiger partial charge in [0.15, 0.2) is 0 Å². The SMILES string of the molecule is CCN1CCCC[C@H]1c1ccncc1. The monoisotopic (exact) mass is 190 g/mol. The van der Waals surface area contributed by atoms with E-state index in [0.717, 1.165) is 6.54 Å². The molecular formula is C12H18N2. The summed E-state index contributed by atoms with van der Waals surface area (Å²) in [6.45, 7) is 4.66. The van der Waals surface area contributed by atoms with Crippen LogP contribution in [-0.2, 0) is 0 Å². The molecule has 0 bridgehead atoms. The molecular weight excluding hydrogens is 172 g/mol. The van der Waals surface area contributed by atoms with Crippen molar-refractivity contribution < 1.29 is 0 Å². The van der Waals surface area contributed by atoms with Crippen LogP contribution in [0.25, 0.3) is 0 Å². The van der Waals surface area contributed by atoms with E-state index in [-0.39, 0.29) is 0 Å². The van der Waals surface area contributed by atoms with Crippen LogP contribution in [0, 0.1) is 0 Å². The van der Waals surface area contributed by atoms with Crippen LogP contribution < -0.4 is 0 Å². The summed E-state index contributed by atoms with van der Waals surface area (Å²) in [5, 5.41) is 0. The summed E-state index contributed by atoms with van der Waals surface area (Å²) in [5.74, 6) is 0. The first kappa shape index (κ1) is 9.66. The van der Waals surface area contributed by atoms with Crippen molar-refractivity contribution in [3.8, 4) is 0 Å². The fraction of sp³-hybridized carbons (Fsp3) is 0.583. The summed E-state index contributed by atoms with van der Waals surface area (Å²) in [7, 11) is 0. The number of hydrogen-bond donors (Lipinski definition) is 0. The number of likely N-dealkylation sites (tertiary alicyclic amines) is 1. The van der Waals surface area contributed by atoms with Gasteiger partial charge in [0.2, 0.25) is 0 Å².